The lowest BCUT2D eigenvalue weighted by Gasteiger charge is -2.30. The van der Waals surface area contributed by atoms with E-state index in [9.17, 15) is 4.79 Å². The summed E-state index contributed by atoms with van der Waals surface area (Å²) in [7, 11) is 0. The number of hydrogen-bond acceptors (Lipinski definition) is 6. The summed E-state index contributed by atoms with van der Waals surface area (Å²) in [6.45, 7) is 2.33. The summed E-state index contributed by atoms with van der Waals surface area (Å²) < 4.78 is 5.76. The van der Waals surface area contributed by atoms with Gasteiger partial charge in [0.1, 0.15) is 5.75 Å². The van der Waals surface area contributed by atoms with Crippen LogP contribution in [0.1, 0.15) is 24.1 Å². The van der Waals surface area contributed by atoms with Crippen LogP contribution in [0.2, 0.25) is 0 Å². The molecule has 0 unspecified atom stereocenters. The number of hydroxylamine groups is 2. The topological polar surface area (TPSA) is 51.7 Å². The molecule has 0 spiro atoms. The minimum Gasteiger partial charge on any atom is -0.494 e. The molecule has 2 heterocycles. The molecule has 2 aromatic rings. The number of benzene rings is 1. The third-order valence-electron chi connectivity index (χ3n) is 4.14. The molecule has 0 saturated carbocycles. The van der Waals surface area contributed by atoms with Gasteiger partial charge in [-0.05, 0) is 37.3 Å². The van der Waals surface area contributed by atoms with Crippen LogP contribution in [0.3, 0.4) is 0 Å². The lowest BCUT2D eigenvalue weighted by atomic mass is 9.95. The molecule has 0 atom stereocenters. The molecule has 128 valence electrons. The predicted molar refractivity (Wildman–Crippen MR) is 92.8 cm³/mol. The fourth-order valence-corrected chi connectivity index (χ4v) is 3.38. The SMILES string of the molecule is O=C(Cc1cncs1)ON1CCC(CCOc2ccccc2)CC1. The summed E-state index contributed by atoms with van der Waals surface area (Å²) in [4.78, 5) is 22.2. The van der Waals surface area contributed by atoms with E-state index in [0.717, 1.165) is 49.6 Å². The highest BCUT2D eigenvalue weighted by atomic mass is 32.1. The number of rotatable bonds is 7. The van der Waals surface area contributed by atoms with Crippen LogP contribution in [0.5, 0.6) is 5.75 Å². The van der Waals surface area contributed by atoms with E-state index in [1.165, 1.54) is 11.3 Å². The number of piperidine rings is 1. The summed E-state index contributed by atoms with van der Waals surface area (Å²) in [6.07, 6.45) is 5.12. The largest absolute Gasteiger partial charge is 0.494 e. The van der Waals surface area contributed by atoms with Crippen molar-refractivity contribution in [2.45, 2.75) is 25.7 Å². The van der Waals surface area contributed by atoms with Gasteiger partial charge in [-0.1, -0.05) is 18.2 Å². The predicted octanol–water partition coefficient (Wildman–Crippen LogP) is 3.32. The Labute approximate surface area is 146 Å². The number of nitrogens with zero attached hydrogens (tertiary/aromatic N) is 2. The zero-order valence-corrected chi connectivity index (χ0v) is 14.4. The summed E-state index contributed by atoms with van der Waals surface area (Å²) in [6, 6.07) is 9.90. The maximum absolute atomic E-state index is 11.9. The molecule has 1 fully saturated rings. The molecule has 1 aromatic heterocycles. The molecule has 1 aliphatic heterocycles. The van der Waals surface area contributed by atoms with E-state index >= 15 is 0 Å². The summed E-state index contributed by atoms with van der Waals surface area (Å²) >= 11 is 1.48. The van der Waals surface area contributed by atoms with E-state index in [0.29, 0.717) is 12.3 Å². The van der Waals surface area contributed by atoms with Gasteiger partial charge >= 0.3 is 5.97 Å². The molecule has 1 aromatic carbocycles. The Morgan fingerprint density at radius 2 is 2.04 bits per heavy atom. The van der Waals surface area contributed by atoms with Crippen LogP contribution in [-0.4, -0.2) is 35.7 Å². The minimum atomic E-state index is -0.204. The number of carbonyl (C=O) groups is 1. The average molecular weight is 346 g/mol. The van der Waals surface area contributed by atoms with Gasteiger partial charge in [-0.2, -0.15) is 0 Å². The van der Waals surface area contributed by atoms with Crippen molar-refractivity contribution in [3.05, 3.63) is 46.9 Å². The number of ether oxygens (including phenoxy) is 1. The summed E-state index contributed by atoms with van der Waals surface area (Å²) in [5, 5.41) is 1.79. The molecular weight excluding hydrogens is 324 g/mol. The van der Waals surface area contributed by atoms with Crippen LogP contribution >= 0.6 is 11.3 Å². The van der Waals surface area contributed by atoms with Crippen LogP contribution in [0.25, 0.3) is 0 Å². The van der Waals surface area contributed by atoms with E-state index in [1.54, 1.807) is 16.8 Å². The van der Waals surface area contributed by atoms with Crippen LogP contribution in [0, 0.1) is 5.92 Å². The third-order valence-corrected chi connectivity index (χ3v) is 4.92. The lowest BCUT2D eigenvalue weighted by Crippen LogP contribution is -2.36. The molecule has 0 amide bonds. The highest BCUT2D eigenvalue weighted by Gasteiger charge is 2.22. The second-order valence-electron chi connectivity index (χ2n) is 5.93. The second kappa shape index (κ2) is 8.80. The Morgan fingerprint density at radius 3 is 2.75 bits per heavy atom. The normalized spacial score (nSPS) is 16.0. The molecule has 24 heavy (non-hydrogen) atoms. The quantitative estimate of drug-likeness (QED) is 0.770. The molecule has 1 saturated heterocycles. The Kier molecular flexibility index (Phi) is 6.20. The highest BCUT2D eigenvalue weighted by molar-refractivity contribution is 7.09. The first-order valence-electron chi connectivity index (χ1n) is 8.30. The zero-order valence-electron chi connectivity index (χ0n) is 13.6. The Hall–Kier alpha value is -1.92. The monoisotopic (exact) mass is 346 g/mol. The molecule has 3 rings (SSSR count). The van der Waals surface area contributed by atoms with Crippen molar-refractivity contribution >= 4 is 17.3 Å². The van der Waals surface area contributed by atoms with E-state index in [4.69, 9.17) is 9.57 Å². The lowest BCUT2D eigenvalue weighted by molar-refractivity contribution is -0.195. The van der Waals surface area contributed by atoms with E-state index in [-0.39, 0.29) is 5.97 Å². The summed E-state index contributed by atoms with van der Waals surface area (Å²) in [5.41, 5.74) is 1.73. The van der Waals surface area contributed by atoms with Crippen molar-refractivity contribution in [3.8, 4) is 5.75 Å². The van der Waals surface area contributed by atoms with Crippen LogP contribution in [0.4, 0.5) is 0 Å². The molecular formula is C18H22N2O3S. The van der Waals surface area contributed by atoms with Gasteiger partial charge in [0.15, 0.2) is 0 Å². The van der Waals surface area contributed by atoms with Crippen molar-refractivity contribution in [2.24, 2.45) is 5.92 Å². The highest BCUT2D eigenvalue weighted by Crippen LogP contribution is 2.21. The van der Waals surface area contributed by atoms with Crippen molar-refractivity contribution in [2.75, 3.05) is 19.7 Å². The maximum atomic E-state index is 11.9. The number of aromatic nitrogens is 1. The smallest absolute Gasteiger partial charge is 0.330 e. The first kappa shape index (κ1) is 16.9. The van der Waals surface area contributed by atoms with Crippen LogP contribution in [-0.2, 0) is 16.1 Å². The van der Waals surface area contributed by atoms with Gasteiger partial charge < -0.3 is 9.57 Å². The van der Waals surface area contributed by atoms with Gasteiger partial charge in [0, 0.05) is 24.2 Å². The molecule has 5 nitrogen and oxygen atoms in total. The third kappa shape index (κ3) is 5.32. The van der Waals surface area contributed by atoms with Crippen molar-refractivity contribution < 1.29 is 14.4 Å². The van der Waals surface area contributed by atoms with E-state index < -0.39 is 0 Å². The first-order chi connectivity index (χ1) is 11.8. The number of para-hydroxylation sites is 1. The second-order valence-corrected chi connectivity index (χ2v) is 6.90. The summed E-state index contributed by atoms with van der Waals surface area (Å²) in [5.74, 6) is 1.35. The van der Waals surface area contributed by atoms with E-state index in [1.807, 2.05) is 30.3 Å². The van der Waals surface area contributed by atoms with Gasteiger partial charge in [-0.15, -0.1) is 16.4 Å². The first-order valence-corrected chi connectivity index (χ1v) is 9.18. The molecule has 0 radical (unpaired) electrons. The Morgan fingerprint density at radius 1 is 1.25 bits per heavy atom. The van der Waals surface area contributed by atoms with Crippen molar-refractivity contribution in [1.82, 2.24) is 10.0 Å². The van der Waals surface area contributed by atoms with Crippen LogP contribution in [0.15, 0.2) is 42.0 Å². The molecule has 6 heteroatoms. The fourth-order valence-electron chi connectivity index (χ4n) is 2.80. The fraction of sp³-hybridized carbons (Fsp3) is 0.444. The molecule has 0 N–H and O–H groups in total. The molecule has 0 bridgehead atoms. The zero-order chi connectivity index (χ0) is 16.6. The van der Waals surface area contributed by atoms with E-state index in [2.05, 4.69) is 4.98 Å². The molecule has 0 aliphatic carbocycles. The average Bonchev–Trinajstić information content (AvgIpc) is 3.10. The maximum Gasteiger partial charge on any atom is 0.330 e. The Balaban J connectivity index is 1.31. The van der Waals surface area contributed by atoms with Crippen molar-refractivity contribution in [1.29, 1.82) is 0 Å². The minimum absolute atomic E-state index is 0.204. The number of thiazole rings is 1. The standard InChI is InChI=1S/C18H22N2O3S/c21-18(12-17-13-19-14-24-17)23-20-9-6-15(7-10-20)8-11-22-16-4-2-1-3-5-16/h1-5,13-15H,6-12H2. The molecule has 1 aliphatic rings. The van der Waals surface area contributed by atoms with Gasteiger partial charge in [-0.25, -0.2) is 4.79 Å². The van der Waals surface area contributed by atoms with Gasteiger partial charge in [-0.3, -0.25) is 4.98 Å². The van der Waals surface area contributed by atoms with Crippen LogP contribution < -0.4 is 4.74 Å². The van der Waals surface area contributed by atoms with Crippen molar-refractivity contribution in [3.63, 3.8) is 0 Å². The van der Waals surface area contributed by atoms with Gasteiger partial charge in [0.2, 0.25) is 0 Å². The number of hydrogen-bond donors (Lipinski definition) is 0. The van der Waals surface area contributed by atoms with Gasteiger partial charge in [0.25, 0.3) is 0 Å². The van der Waals surface area contributed by atoms with Gasteiger partial charge in [0.05, 0.1) is 18.5 Å². The Bertz CT molecular complexity index is 610. The number of carbonyl (C=O) groups excluding carboxylic acids is 1.